The molecule has 1 amide bonds. The van der Waals surface area contributed by atoms with Crippen molar-refractivity contribution in [2.75, 3.05) is 19.6 Å². The lowest BCUT2D eigenvalue weighted by molar-refractivity contribution is 0.0777. The van der Waals surface area contributed by atoms with Gasteiger partial charge in [-0.2, -0.15) is 5.10 Å². The molecule has 1 unspecified atom stereocenters. The number of hydrogen-bond donors (Lipinski definition) is 1. The maximum absolute atomic E-state index is 12.6. The Bertz CT molecular complexity index is 682. The van der Waals surface area contributed by atoms with Crippen LogP contribution >= 0.6 is 15.9 Å². The number of hydrogen-bond acceptors (Lipinski definition) is 3. The lowest BCUT2D eigenvalue weighted by atomic mass is 9.90. The van der Waals surface area contributed by atoms with E-state index in [-0.39, 0.29) is 11.3 Å². The lowest BCUT2D eigenvalue weighted by Crippen LogP contribution is -2.34. The molecule has 0 radical (unpaired) electrons. The summed E-state index contributed by atoms with van der Waals surface area (Å²) in [6.07, 6.45) is 4.36. The van der Waals surface area contributed by atoms with Gasteiger partial charge in [-0.05, 0) is 42.6 Å². The molecule has 2 heterocycles. The van der Waals surface area contributed by atoms with E-state index in [1.165, 1.54) is 0 Å². The minimum Gasteiger partial charge on any atom is -0.338 e. The molecule has 1 aliphatic rings. The highest BCUT2D eigenvalue weighted by Crippen LogP contribution is 2.29. The van der Waals surface area contributed by atoms with Crippen molar-refractivity contribution >= 4 is 21.8 Å². The second-order valence-electron chi connectivity index (χ2n) is 6.14. The minimum atomic E-state index is 0.0283. The number of benzene rings is 1. The van der Waals surface area contributed by atoms with Gasteiger partial charge in [0.05, 0.1) is 17.4 Å². The number of halogens is 1. The van der Waals surface area contributed by atoms with E-state index in [1.807, 2.05) is 29.2 Å². The van der Waals surface area contributed by atoms with E-state index in [0.717, 1.165) is 23.1 Å². The van der Waals surface area contributed by atoms with E-state index in [9.17, 15) is 4.79 Å². The number of amides is 1. The first kappa shape index (κ1) is 15.2. The van der Waals surface area contributed by atoms with Crippen molar-refractivity contribution in [2.45, 2.75) is 13.3 Å². The molecule has 2 aromatic rings. The fraction of sp³-hybridized carbons (Fsp3) is 0.375. The molecule has 2 N–H and O–H groups in total. The monoisotopic (exact) mass is 362 g/mol. The van der Waals surface area contributed by atoms with Crippen molar-refractivity contribution in [3.8, 4) is 5.69 Å². The van der Waals surface area contributed by atoms with E-state index < -0.39 is 0 Å². The molecule has 1 fully saturated rings. The van der Waals surface area contributed by atoms with Gasteiger partial charge in [-0.15, -0.1) is 0 Å². The summed E-state index contributed by atoms with van der Waals surface area (Å²) in [4.78, 5) is 14.4. The summed E-state index contributed by atoms with van der Waals surface area (Å²) in [5.74, 6) is 0.0283. The van der Waals surface area contributed by atoms with Crippen molar-refractivity contribution in [1.82, 2.24) is 14.7 Å². The fourth-order valence-electron chi connectivity index (χ4n) is 2.71. The van der Waals surface area contributed by atoms with Crippen LogP contribution in [0.15, 0.2) is 41.1 Å². The molecule has 0 spiro atoms. The number of nitrogens with two attached hydrogens (primary N) is 1. The van der Waals surface area contributed by atoms with Crippen molar-refractivity contribution in [1.29, 1.82) is 0 Å². The Hall–Kier alpha value is -1.66. The number of carbonyl (C=O) groups excluding carboxylic acids is 1. The molecular weight excluding hydrogens is 344 g/mol. The smallest absolute Gasteiger partial charge is 0.257 e. The highest BCUT2D eigenvalue weighted by molar-refractivity contribution is 9.10. The second-order valence-corrected chi connectivity index (χ2v) is 7.06. The predicted octanol–water partition coefficient (Wildman–Crippen LogP) is 2.45. The van der Waals surface area contributed by atoms with Gasteiger partial charge >= 0.3 is 0 Å². The first-order valence-electron chi connectivity index (χ1n) is 7.31. The molecule has 0 bridgehead atoms. The summed E-state index contributed by atoms with van der Waals surface area (Å²) < 4.78 is 2.73. The van der Waals surface area contributed by atoms with Crippen LogP contribution in [0.25, 0.3) is 5.69 Å². The number of aromatic nitrogens is 2. The molecule has 1 aromatic carbocycles. The zero-order chi connectivity index (χ0) is 15.7. The second kappa shape index (κ2) is 5.85. The Labute approximate surface area is 138 Å². The quantitative estimate of drug-likeness (QED) is 0.911. The standard InChI is InChI=1S/C16H19BrN4O/c1-16(10-18)6-7-20(11-16)15(22)12-8-19-21(9-12)14-4-2-13(17)3-5-14/h2-5,8-9H,6-7,10-11,18H2,1H3. The van der Waals surface area contributed by atoms with Gasteiger partial charge in [-0.25, -0.2) is 4.68 Å². The average molecular weight is 363 g/mol. The van der Waals surface area contributed by atoms with Gasteiger partial charge in [0.15, 0.2) is 0 Å². The van der Waals surface area contributed by atoms with Crippen molar-refractivity contribution in [3.05, 3.63) is 46.7 Å². The molecule has 1 aromatic heterocycles. The van der Waals surface area contributed by atoms with Gasteiger partial charge in [-0.3, -0.25) is 4.79 Å². The van der Waals surface area contributed by atoms with E-state index in [1.54, 1.807) is 17.1 Å². The van der Waals surface area contributed by atoms with E-state index in [0.29, 0.717) is 18.7 Å². The number of nitrogens with zero attached hydrogens (tertiary/aromatic N) is 3. The lowest BCUT2D eigenvalue weighted by Gasteiger charge is -2.22. The van der Waals surface area contributed by atoms with Gasteiger partial charge < -0.3 is 10.6 Å². The fourth-order valence-corrected chi connectivity index (χ4v) is 2.98. The van der Waals surface area contributed by atoms with Gasteiger partial charge in [0.2, 0.25) is 0 Å². The summed E-state index contributed by atoms with van der Waals surface area (Å²) >= 11 is 3.41. The summed E-state index contributed by atoms with van der Waals surface area (Å²) in [6, 6.07) is 7.80. The third kappa shape index (κ3) is 2.94. The Balaban J connectivity index is 1.76. The summed E-state index contributed by atoms with van der Waals surface area (Å²) in [5, 5.41) is 4.29. The maximum Gasteiger partial charge on any atom is 0.257 e. The third-order valence-corrected chi connectivity index (χ3v) is 4.79. The molecule has 22 heavy (non-hydrogen) atoms. The molecule has 1 saturated heterocycles. The van der Waals surface area contributed by atoms with Crippen LogP contribution < -0.4 is 5.73 Å². The number of likely N-dealkylation sites (tertiary alicyclic amines) is 1. The summed E-state index contributed by atoms with van der Waals surface area (Å²) in [7, 11) is 0. The van der Waals surface area contributed by atoms with Crippen LogP contribution in [0, 0.1) is 5.41 Å². The molecular formula is C16H19BrN4O. The Kier molecular flexibility index (Phi) is 4.06. The maximum atomic E-state index is 12.6. The Morgan fingerprint density at radius 1 is 1.41 bits per heavy atom. The van der Waals surface area contributed by atoms with Crippen LogP contribution in [-0.2, 0) is 0 Å². The van der Waals surface area contributed by atoms with E-state index in [2.05, 4.69) is 28.0 Å². The van der Waals surface area contributed by atoms with Crippen LogP contribution in [0.3, 0.4) is 0 Å². The minimum absolute atomic E-state index is 0.0283. The first-order chi connectivity index (χ1) is 10.5. The Morgan fingerprint density at radius 3 is 2.77 bits per heavy atom. The molecule has 1 aliphatic heterocycles. The summed E-state index contributed by atoms with van der Waals surface area (Å²) in [6.45, 7) is 4.21. The molecule has 0 saturated carbocycles. The molecule has 3 rings (SSSR count). The van der Waals surface area contributed by atoms with E-state index in [4.69, 9.17) is 5.73 Å². The first-order valence-corrected chi connectivity index (χ1v) is 8.10. The molecule has 116 valence electrons. The normalized spacial score (nSPS) is 21.3. The zero-order valence-corrected chi connectivity index (χ0v) is 14.1. The van der Waals surface area contributed by atoms with Crippen LogP contribution in [0.4, 0.5) is 0 Å². The Morgan fingerprint density at radius 2 is 2.14 bits per heavy atom. The number of carbonyl (C=O) groups is 1. The zero-order valence-electron chi connectivity index (χ0n) is 12.5. The van der Waals surface area contributed by atoms with Crippen LogP contribution in [-0.4, -0.2) is 40.2 Å². The predicted molar refractivity (Wildman–Crippen MR) is 88.9 cm³/mol. The van der Waals surface area contributed by atoms with Gasteiger partial charge in [0.1, 0.15) is 0 Å². The SMILES string of the molecule is CC1(CN)CCN(C(=O)c2cnn(-c3ccc(Br)cc3)c2)C1. The molecule has 6 heteroatoms. The topological polar surface area (TPSA) is 64.2 Å². The summed E-state index contributed by atoms with van der Waals surface area (Å²) in [5.41, 5.74) is 7.38. The van der Waals surface area contributed by atoms with Gasteiger partial charge in [0, 0.05) is 23.8 Å². The van der Waals surface area contributed by atoms with Crippen LogP contribution in [0.2, 0.25) is 0 Å². The highest BCUT2D eigenvalue weighted by Gasteiger charge is 2.35. The molecule has 5 nitrogen and oxygen atoms in total. The van der Waals surface area contributed by atoms with E-state index >= 15 is 0 Å². The van der Waals surface area contributed by atoms with Crippen molar-refractivity contribution in [2.24, 2.45) is 11.1 Å². The number of rotatable bonds is 3. The third-order valence-electron chi connectivity index (χ3n) is 4.26. The molecule has 0 aliphatic carbocycles. The van der Waals surface area contributed by atoms with Gasteiger partial charge in [-0.1, -0.05) is 22.9 Å². The van der Waals surface area contributed by atoms with Crippen LogP contribution in [0.5, 0.6) is 0 Å². The molecule has 1 atom stereocenters. The van der Waals surface area contributed by atoms with Gasteiger partial charge in [0.25, 0.3) is 5.91 Å². The van der Waals surface area contributed by atoms with Crippen molar-refractivity contribution in [3.63, 3.8) is 0 Å². The average Bonchev–Trinajstić information content (AvgIpc) is 3.15. The van der Waals surface area contributed by atoms with Crippen LogP contribution in [0.1, 0.15) is 23.7 Å². The highest BCUT2D eigenvalue weighted by atomic mass is 79.9. The largest absolute Gasteiger partial charge is 0.338 e. The van der Waals surface area contributed by atoms with Crippen molar-refractivity contribution < 1.29 is 4.79 Å².